The highest BCUT2D eigenvalue weighted by atomic mass is 35.5. The molecule has 5 nitrogen and oxygen atoms in total. The number of nitrogens with one attached hydrogen (secondary N) is 1. The summed E-state index contributed by atoms with van der Waals surface area (Å²) in [6.45, 7) is 1.71. The highest BCUT2D eigenvalue weighted by molar-refractivity contribution is 6.31. The van der Waals surface area contributed by atoms with Crippen LogP contribution in [0.1, 0.15) is 21.5 Å². The lowest BCUT2D eigenvalue weighted by atomic mass is 10.2. The van der Waals surface area contributed by atoms with Crippen LogP contribution in [0.3, 0.4) is 0 Å². The number of aromatic nitrogens is 2. The molecule has 1 heterocycles. The monoisotopic (exact) mass is 391 g/mol. The van der Waals surface area contributed by atoms with Crippen molar-refractivity contribution in [3.05, 3.63) is 75.9 Å². The average Bonchev–Trinajstić information content (AvgIpc) is 2.97. The lowest BCUT2D eigenvalue weighted by molar-refractivity contribution is 0.102. The molecule has 1 aromatic heterocycles. The van der Waals surface area contributed by atoms with Crippen molar-refractivity contribution in [1.82, 2.24) is 9.78 Å². The summed E-state index contributed by atoms with van der Waals surface area (Å²) in [4.78, 5) is 12.7. The summed E-state index contributed by atoms with van der Waals surface area (Å²) in [6, 6.07) is 7.84. The lowest BCUT2D eigenvalue weighted by Crippen LogP contribution is -2.18. The van der Waals surface area contributed by atoms with Crippen LogP contribution in [-0.4, -0.2) is 22.8 Å². The van der Waals surface area contributed by atoms with Crippen LogP contribution in [0.4, 0.5) is 14.6 Å². The van der Waals surface area contributed by atoms with Crippen molar-refractivity contribution in [2.75, 3.05) is 12.4 Å². The van der Waals surface area contributed by atoms with E-state index in [0.717, 1.165) is 18.2 Å². The molecular weight excluding hydrogens is 376 g/mol. The van der Waals surface area contributed by atoms with Crippen molar-refractivity contribution in [1.29, 1.82) is 0 Å². The first-order valence-electron chi connectivity index (χ1n) is 8.00. The van der Waals surface area contributed by atoms with Crippen molar-refractivity contribution in [3.63, 3.8) is 0 Å². The largest absolute Gasteiger partial charge is 0.496 e. The first kappa shape index (κ1) is 18.8. The van der Waals surface area contributed by atoms with E-state index < -0.39 is 17.5 Å². The van der Waals surface area contributed by atoms with Crippen molar-refractivity contribution >= 4 is 23.3 Å². The van der Waals surface area contributed by atoms with Crippen molar-refractivity contribution in [2.24, 2.45) is 0 Å². The maximum atomic E-state index is 13.9. The first-order valence-corrected chi connectivity index (χ1v) is 8.38. The third kappa shape index (κ3) is 4.09. The number of halogens is 3. The molecule has 3 aromatic rings. The zero-order valence-electron chi connectivity index (χ0n) is 14.6. The molecule has 0 aliphatic carbocycles. The predicted molar refractivity (Wildman–Crippen MR) is 98.4 cm³/mol. The Morgan fingerprint density at radius 1 is 1.26 bits per heavy atom. The molecule has 0 saturated heterocycles. The maximum absolute atomic E-state index is 13.9. The maximum Gasteiger partial charge on any atom is 0.260 e. The molecule has 0 fully saturated rings. The van der Waals surface area contributed by atoms with Crippen molar-refractivity contribution in [2.45, 2.75) is 13.5 Å². The molecule has 0 bridgehead atoms. The van der Waals surface area contributed by atoms with Gasteiger partial charge in [0.1, 0.15) is 23.2 Å². The van der Waals surface area contributed by atoms with Gasteiger partial charge in [0, 0.05) is 16.1 Å². The summed E-state index contributed by atoms with van der Waals surface area (Å²) >= 11 is 5.92. The number of aryl methyl sites for hydroxylation is 1. The minimum absolute atomic E-state index is 0.0369. The van der Waals surface area contributed by atoms with Crippen molar-refractivity contribution in [3.8, 4) is 5.75 Å². The molecule has 3 rings (SSSR count). The van der Waals surface area contributed by atoms with Crippen LogP contribution in [0.2, 0.25) is 5.02 Å². The smallest absolute Gasteiger partial charge is 0.260 e. The summed E-state index contributed by atoms with van der Waals surface area (Å²) in [6.07, 6.45) is 1.53. The fraction of sp³-hybridized carbons (Fsp3) is 0.158. The van der Waals surface area contributed by atoms with Crippen LogP contribution < -0.4 is 10.1 Å². The van der Waals surface area contributed by atoms with Gasteiger partial charge in [-0.15, -0.1) is 0 Å². The Hall–Kier alpha value is -2.93. The number of carbonyl (C=O) groups is 1. The molecule has 0 radical (unpaired) electrons. The number of methoxy groups -OCH3 is 1. The number of hydrogen-bond donors (Lipinski definition) is 1. The number of carbonyl (C=O) groups excluding carboxylic acids is 1. The third-order valence-corrected chi connectivity index (χ3v) is 4.23. The highest BCUT2D eigenvalue weighted by Crippen LogP contribution is 2.25. The van der Waals surface area contributed by atoms with Gasteiger partial charge in [-0.1, -0.05) is 11.6 Å². The third-order valence-electron chi connectivity index (χ3n) is 3.99. The molecule has 27 heavy (non-hydrogen) atoms. The highest BCUT2D eigenvalue weighted by Gasteiger charge is 2.17. The van der Waals surface area contributed by atoms with Gasteiger partial charge in [0.2, 0.25) is 0 Å². The van der Waals surface area contributed by atoms with Gasteiger partial charge in [0.25, 0.3) is 5.91 Å². The Morgan fingerprint density at radius 3 is 2.78 bits per heavy atom. The molecule has 8 heteroatoms. The molecule has 0 aliphatic heterocycles. The van der Waals surface area contributed by atoms with Gasteiger partial charge in [0.15, 0.2) is 0 Å². The van der Waals surface area contributed by atoms with Crippen LogP contribution in [0.5, 0.6) is 5.75 Å². The van der Waals surface area contributed by atoms with E-state index in [1.807, 2.05) is 0 Å². The fourth-order valence-electron chi connectivity index (χ4n) is 2.62. The Morgan fingerprint density at radius 2 is 2.04 bits per heavy atom. The van der Waals surface area contributed by atoms with Crippen LogP contribution >= 0.6 is 11.6 Å². The standard InChI is InChI=1S/C19H16ClF2N3O2/c1-11-9-23-25(10-12-7-14(21)4-6-16(12)22)18(11)24-19(26)15-5-3-13(20)8-17(15)27-2/h3-9H,10H2,1-2H3,(H,24,26). The molecule has 0 atom stereocenters. The van der Waals surface area contributed by atoms with E-state index in [-0.39, 0.29) is 17.7 Å². The van der Waals surface area contributed by atoms with Gasteiger partial charge in [-0.2, -0.15) is 5.10 Å². The van der Waals surface area contributed by atoms with E-state index in [2.05, 4.69) is 10.4 Å². The number of ether oxygens (including phenoxy) is 1. The second kappa shape index (κ2) is 7.75. The zero-order chi connectivity index (χ0) is 19.6. The van der Waals surface area contributed by atoms with Gasteiger partial charge in [0.05, 0.1) is 25.4 Å². The second-order valence-corrected chi connectivity index (χ2v) is 6.30. The number of hydrogen-bond acceptors (Lipinski definition) is 3. The topological polar surface area (TPSA) is 56.1 Å². The predicted octanol–water partition coefficient (Wildman–Crippen LogP) is 4.43. The fourth-order valence-corrected chi connectivity index (χ4v) is 2.78. The molecule has 1 N–H and O–H groups in total. The van der Waals surface area contributed by atoms with E-state index in [4.69, 9.17) is 16.3 Å². The Labute approximate surface area is 159 Å². The molecular formula is C19H16ClF2N3O2. The Kier molecular flexibility index (Phi) is 5.41. The number of rotatable bonds is 5. The number of anilines is 1. The van der Waals surface area contributed by atoms with Gasteiger partial charge < -0.3 is 10.1 Å². The number of nitrogens with zero attached hydrogens (tertiary/aromatic N) is 2. The Bertz CT molecular complexity index is 1000. The van der Waals surface area contributed by atoms with Crippen LogP contribution in [-0.2, 0) is 6.54 Å². The average molecular weight is 392 g/mol. The van der Waals surface area contributed by atoms with E-state index in [1.54, 1.807) is 19.1 Å². The molecule has 0 spiro atoms. The summed E-state index contributed by atoms with van der Waals surface area (Å²) in [5.74, 6) is -0.846. The van der Waals surface area contributed by atoms with Crippen molar-refractivity contribution < 1.29 is 18.3 Å². The molecule has 140 valence electrons. The summed E-state index contributed by atoms with van der Waals surface area (Å²) in [5, 5.41) is 7.33. The normalized spacial score (nSPS) is 10.7. The second-order valence-electron chi connectivity index (χ2n) is 5.87. The Balaban J connectivity index is 1.89. The first-order chi connectivity index (χ1) is 12.9. The van der Waals surface area contributed by atoms with Gasteiger partial charge in [-0.3, -0.25) is 4.79 Å². The van der Waals surface area contributed by atoms with E-state index >= 15 is 0 Å². The minimum atomic E-state index is -0.554. The molecule has 2 aromatic carbocycles. The quantitative estimate of drug-likeness (QED) is 0.700. The molecule has 0 aliphatic rings. The van der Waals surface area contributed by atoms with Crippen LogP contribution in [0.25, 0.3) is 0 Å². The number of amides is 1. The van der Waals surface area contributed by atoms with E-state index in [9.17, 15) is 13.6 Å². The molecule has 1 amide bonds. The van der Waals surface area contributed by atoms with Gasteiger partial charge in [-0.25, -0.2) is 13.5 Å². The molecule has 0 unspecified atom stereocenters. The molecule has 0 saturated carbocycles. The summed E-state index contributed by atoms with van der Waals surface area (Å²) in [7, 11) is 1.44. The zero-order valence-corrected chi connectivity index (χ0v) is 15.3. The van der Waals surface area contributed by atoms with Crippen LogP contribution in [0, 0.1) is 18.6 Å². The van der Waals surface area contributed by atoms with Crippen LogP contribution in [0.15, 0.2) is 42.6 Å². The number of benzene rings is 2. The summed E-state index contributed by atoms with van der Waals surface area (Å²) < 4.78 is 33.9. The lowest BCUT2D eigenvalue weighted by Gasteiger charge is -2.13. The van der Waals surface area contributed by atoms with Gasteiger partial charge >= 0.3 is 0 Å². The summed E-state index contributed by atoms with van der Waals surface area (Å²) in [5.41, 5.74) is 1.08. The van der Waals surface area contributed by atoms with E-state index in [0.29, 0.717) is 22.2 Å². The minimum Gasteiger partial charge on any atom is -0.496 e. The van der Waals surface area contributed by atoms with E-state index in [1.165, 1.54) is 24.1 Å². The SMILES string of the molecule is COc1cc(Cl)ccc1C(=O)Nc1c(C)cnn1Cc1cc(F)ccc1F. The van der Waals surface area contributed by atoms with Gasteiger partial charge in [-0.05, 0) is 43.3 Å².